The molecule has 19 heavy (non-hydrogen) atoms. The summed E-state index contributed by atoms with van der Waals surface area (Å²) in [4.78, 5) is 11.8. The molecule has 0 heterocycles. The Bertz CT molecular complexity index is 573. The van der Waals surface area contributed by atoms with Gasteiger partial charge in [0.15, 0.2) is 0 Å². The number of rotatable bonds is 5. The van der Waals surface area contributed by atoms with Crippen molar-refractivity contribution < 1.29 is 13.2 Å². The summed E-state index contributed by atoms with van der Waals surface area (Å²) >= 11 is 3.18. The van der Waals surface area contributed by atoms with E-state index in [0.29, 0.717) is 23.1 Å². The monoisotopic (exact) mass is 349 g/mol. The van der Waals surface area contributed by atoms with Crippen molar-refractivity contribution in [3.63, 3.8) is 0 Å². The van der Waals surface area contributed by atoms with Crippen molar-refractivity contribution in [2.75, 3.05) is 27.2 Å². The molecule has 0 aliphatic heterocycles. The van der Waals surface area contributed by atoms with Crippen LogP contribution in [-0.2, 0) is 10.0 Å². The van der Waals surface area contributed by atoms with Crippen molar-refractivity contribution in [3.05, 3.63) is 28.2 Å². The summed E-state index contributed by atoms with van der Waals surface area (Å²) in [6.45, 7) is 0.716. The van der Waals surface area contributed by atoms with Crippen molar-refractivity contribution in [3.8, 4) is 0 Å². The molecule has 0 unspecified atom stereocenters. The average Bonchev–Trinajstić information content (AvgIpc) is 2.35. The quantitative estimate of drug-likeness (QED) is 0.803. The molecule has 8 heteroatoms. The van der Waals surface area contributed by atoms with Crippen LogP contribution in [0.15, 0.2) is 27.6 Å². The Morgan fingerprint density at radius 1 is 1.42 bits per heavy atom. The van der Waals surface area contributed by atoms with Crippen LogP contribution in [0.2, 0.25) is 0 Å². The highest BCUT2D eigenvalue weighted by Gasteiger charge is 2.21. The summed E-state index contributed by atoms with van der Waals surface area (Å²) in [5, 5.41) is 2.61. The lowest BCUT2D eigenvalue weighted by Gasteiger charge is -2.13. The third-order valence-electron chi connectivity index (χ3n) is 2.38. The number of nitrogens with one attached hydrogen (secondary N) is 1. The molecule has 1 aromatic rings. The highest BCUT2D eigenvalue weighted by Crippen LogP contribution is 2.25. The molecule has 0 atom stereocenters. The minimum absolute atomic E-state index is 0.118. The first-order valence-corrected chi connectivity index (χ1v) is 7.74. The van der Waals surface area contributed by atoms with Crippen molar-refractivity contribution in [1.29, 1.82) is 0 Å². The summed E-state index contributed by atoms with van der Waals surface area (Å²) in [5.74, 6) is -0.292. The molecule has 0 radical (unpaired) electrons. The van der Waals surface area contributed by atoms with E-state index in [1.165, 1.54) is 32.3 Å². The number of carbonyl (C=O) groups excluding carboxylic acids is 1. The number of nitrogens with zero attached hydrogens (tertiary/aromatic N) is 1. The van der Waals surface area contributed by atoms with Crippen LogP contribution in [0.25, 0.3) is 0 Å². The Kier molecular flexibility index (Phi) is 5.48. The minimum Gasteiger partial charge on any atom is -0.351 e. The van der Waals surface area contributed by atoms with E-state index in [1.807, 2.05) is 0 Å². The molecule has 0 saturated heterocycles. The molecule has 0 aromatic heterocycles. The van der Waals surface area contributed by atoms with E-state index in [0.717, 1.165) is 4.31 Å². The number of sulfonamides is 1. The van der Waals surface area contributed by atoms with E-state index in [1.54, 1.807) is 0 Å². The van der Waals surface area contributed by atoms with Crippen LogP contribution < -0.4 is 11.1 Å². The van der Waals surface area contributed by atoms with Crippen molar-refractivity contribution in [2.45, 2.75) is 4.90 Å². The van der Waals surface area contributed by atoms with E-state index >= 15 is 0 Å². The van der Waals surface area contributed by atoms with Gasteiger partial charge in [-0.1, -0.05) is 0 Å². The van der Waals surface area contributed by atoms with Gasteiger partial charge in [-0.2, -0.15) is 0 Å². The molecule has 1 amide bonds. The van der Waals surface area contributed by atoms with Crippen LogP contribution in [0.1, 0.15) is 10.4 Å². The lowest BCUT2D eigenvalue weighted by atomic mass is 10.2. The second-order valence-corrected chi connectivity index (χ2v) is 6.95. The molecule has 0 bridgehead atoms. The summed E-state index contributed by atoms with van der Waals surface area (Å²) in [7, 11) is -0.636. The van der Waals surface area contributed by atoms with Crippen LogP contribution >= 0.6 is 15.9 Å². The van der Waals surface area contributed by atoms with Gasteiger partial charge in [0, 0.05) is 37.2 Å². The molecular weight excluding hydrogens is 334 g/mol. The Hall–Kier alpha value is -0.960. The lowest BCUT2D eigenvalue weighted by molar-refractivity contribution is 0.0954. The van der Waals surface area contributed by atoms with Crippen molar-refractivity contribution in [2.24, 2.45) is 5.73 Å². The van der Waals surface area contributed by atoms with E-state index in [9.17, 15) is 13.2 Å². The first-order chi connectivity index (χ1) is 8.80. The molecule has 6 nitrogen and oxygen atoms in total. The van der Waals surface area contributed by atoms with Gasteiger partial charge in [0.25, 0.3) is 5.91 Å². The molecule has 0 spiro atoms. The maximum absolute atomic E-state index is 12.0. The fourth-order valence-corrected chi connectivity index (χ4v) is 3.27. The van der Waals surface area contributed by atoms with Gasteiger partial charge >= 0.3 is 0 Å². The van der Waals surface area contributed by atoms with Gasteiger partial charge in [-0.05, 0) is 34.1 Å². The number of hydrogen-bond acceptors (Lipinski definition) is 4. The van der Waals surface area contributed by atoms with Gasteiger partial charge in [0.05, 0.1) is 4.90 Å². The molecule has 0 aliphatic carbocycles. The topological polar surface area (TPSA) is 92.5 Å². The Labute approximate surface area is 121 Å². The third kappa shape index (κ3) is 3.75. The van der Waals surface area contributed by atoms with E-state index in [-0.39, 0.29) is 10.8 Å². The number of amides is 1. The number of benzene rings is 1. The van der Waals surface area contributed by atoms with Gasteiger partial charge in [-0.3, -0.25) is 4.79 Å². The van der Waals surface area contributed by atoms with Crippen LogP contribution in [0.3, 0.4) is 0 Å². The highest BCUT2D eigenvalue weighted by atomic mass is 79.9. The van der Waals surface area contributed by atoms with Crippen LogP contribution in [0, 0.1) is 0 Å². The van der Waals surface area contributed by atoms with E-state index < -0.39 is 10.0 Å². The van der Waals surface area contributed by atoms with Crippen LogP contribution in [0.5, 0.6) is 0 Å². The van der Waals surface area contributed by atoms with Crippen molar-refractivity contribution in [1.82, 2.24) is 9.62 Å². The number of carbonyl (C=O) groups is 1. The smallest absolute Gasteiger partial charge is 0.251 e. The van der Waals surface area contributed by atoms with Gasteiger partial charge in [-0.15, -0.1) is 0 Å². The van der Waals surface area contributed by atoms with Crippen LogP contribution in [-0.4, -0.2) is 45.8 Å². The Morgan fingerprint density at radius 3 is 2.53 bits per heavy atom. The normalized spacial score (nSPS) is 11.6. The summed E-state index contributed by atoms with van der Waals surface area (Å²) < 4.78 is 25.4. The first-order valence-electron chi connectivity index (χ1n) is 5.51. The fourth-order valence-electron chi connectivity index (χ4n) is 1.34. The summed E-state index contributed by atoms with van der Waals surface area (Å²) in [6, 6.07) is 4.34. The predicted molar refractivity (Wildman–Crippen MR) is 76.4 cm³/mol. The molecule has 106 valence electrons. The summed E-state index contributed by atoms with van der Waals surface area (Å²) in [5.41, 5.74) is 5.66. The Morgan fingerprint density at radius 2 is 2.05 bits per heavy atom. The minimum atomic E-state index is -3.53. The van der Waals surface area contributed by atoms with Crippen molar-refractivity contribution >= 4 is 31.9 Å². The lowest BCUT2D eigenvalue weighted by Crippen LogP contribution is -2.29. The molecule has 1 rings (SSSR count). The standard InChI is InChI=1S/C11H16BrN3O3S/c1-15(2)19(17,18)10-4-3-8(7-9(10)12)11(16)14-6-5-13/h3-4,7H,5-6,13H2,1-2H3,(H,14,16). The zero-order chi connectivity index (χ0) is 14.6. The highest BCUT2D eigenvalue weighted by molar-refractivity contribution is 9.10. The number of halogens is 1. The molecule has 3 N–H and O–H groups in total. The SMILES string of the molecule is CN(C)S(=O)(=O)c1ccc(C(=O)NCCN)cc1Br. The van der Waals surface area contributed by atoms with E-state index in [2.05, 4.69) is 21.2 Å². The molecule has 0 saturated carbocycles. The van der Waals surface area contributed by atoms with Gasteiger partial charge in [0.1, 0.15) is 0 Å². The first kappa shape index (κ1) is 16.1. The maximum atomic E-state index is 12.0. The third-order valence-corrected chi connectivity index (χ3v) is 5.17. The largest absolute Gasteiger partial charge is 0.351 e. The molecule has 1 aromatic carbocycles. The zero-order valence-corrected chi connectivity index (χ0v) is 13.1. The second kappa shape index (κ2) is 6.47. The van der Waals surface area contributed by atoms with E-state index in [4.69, 9.17) is 5.73 Å². The van der Waals surface area contributed by atoms with Gasteiger partial charge in [0.2, 0.25) is 10.0 Å². The fraction of sp³-hybridized carbons (Fsp3) is 0.364. The number of nitrogens with two attached hydrogens (primary N) is 1. The Balaban J connectivity index is 3.08. The van der Waals surface area contributed by atoms with Gasteiger partial charge in [-0.25, -0.2) is 12.7 Å². The predicted octanol–water partition coefficient (Wildman–Crippen LogP) is 0.388. The second-order valence-electron chi connectivity index (χ2n) is 3.98. The van der Waals surface area contributed by atoms with Crippen LogP contribution in [0.4, 0.5) is 0 Å². The molecular formula is C11H16BrN3O3S. The summed E-state index contributed by atoms with van der Waals surface area (Å²) in [6.07, 6.45) is 0. The van der Waals surface area contributed by atoms with Gasteiger partial charge < -0.3 is 11.1 Å². The molecule has 0 fully saturated rings. The molecule has 0 aliphatic rings. The number of hydrogen-bond donors (Lipinski definition) is 2. The maximum Gasteiger partial charge on any atom is 0.251 e. The zero-order valence-electron chi connectivity index (χ0n) is 10.7. The average molecular weight is 350 g/mol.